The highest BCUT2D eigenvalue weighted by atomic mass is 16.3. The lowest BCUT2D eigenvalue weighted by molar-refractivity contribution is 0.572. The van der Waals surface area contributed by atoms with E-state index in [1.807, 2.05) is 0 Å². The van der Waals surface area contributed by atoms with Crippen molar-refractivity contribution in [2.75, 3.05) is 0 Å². The average molecular weight is 228 g/mol. The highest BCUT2D eigenvalue weighted by Gasteiger charge is 2.14. The van der Waals surface area contributed by atoms with E-state index >= 15 is 0 Å². The molecule has 5 heteroatoms. The van der Waals surface area contributed by atoms with E-state index in [0.717, 1.165) is 0 Å². The van der Waals surface area contributed by atoms with E-state index in [2.05, 4.69) is 10.2 Å². The summed E-state index contributed by atoms with van der Waals surface area (Å²) in [6, 6.07) is 8.48. The second-order valence-corrected chi connectivity index (χ2v) is 3.45. The van der Waals surface area contributed by atoms with Crippen molar-refractivity contribution in [3.05, 3.63) is 53.2 Å². The third-order valence-corrected chi connectivity index (χ3v) is 2.35. The molecule has 0 radical (unpaired) electrons. The van der Waals surface area contributed by atoms with Gasteiger partial charge >= 0.3 is 0 Å². The van der Waals surface area contributed by atoms with Gasteiger partial charge in [-0.05, 0) is 24.3 Å². The van der Waals surface area contributed by atoms with Crippen LogP contribution < -0.4 is 5.56 Å². The van der Waals surface area contributed by atoms with Crippen molar-refractivity contribution in [3.63, 3.8) is 0 Å². The second-order valence-electron chi connectivity index (χ2n) is 3.45. The molecule has 0 unspecified atom stereocenters. The van der Waals surface area contributed by atoms with Crippen LogP contribution in [0.25, 0.3) is 22.8 Å². The second kappa shape index (κ2) is 3.79. The molecule has 0 spiro atoms. The Morgan fingerprint density at radius 2 is 1.76 bits per heavy atom. The largest absolute Gasteiger partial charge is 0.464 e. The van der Waals surface area contributed by atoms with Crippen LogP contribution in [0.5, 0.6) is 0 Å². The van der Waals surface area contributed by atoms with Gasteiger partial charge in [-0.2, -0.15) is 5.10 Å². The van der Waals surface area contributed by atoms with Crippen molar-refractivity contribution in [3.8, 4) is 22.8 Å². The number of furan rings is 2. The van der Waals surface area contributed by atoms with Crippen molar-refractivity contribution in [1.29, 1.82) is 0 Å². The minimum absolute atomic E-state index is 0.285. The molecule has 5 nitrogen and oxygen atoms in total. The van der Waals surface area contributed by atoms with Crippen LogP contribution in [-0.2, 0) is 0 Å². The van der Waals surface area contributed by atoms with Gasteiger partial charge in [0, 0.05) is 6.07 Å². The number of rotatable bonds is 2. The topological polar surface area (TPSA) is 72.0 Å². The number of nitrogens with one attached hydrogen (secondary N) is 1. The first-order valence-electron chi connectivity index (χ1n) is 5.02. The van der Waals surface area contributed by atoms with Crippen molar-refractivity contribution in [1.82, 2.24) is 10.2 Å². The Kier molecular flexibility index (Phi) is 2.15. The minimum atomic E-state index is -0.285. The SMILES string of the molecule is O=c1cc(-c2ccco2)c(-c2ccco2)n[nH]1. The van der Waals surface area contributed by atoms with Gasteiger partial charge in [0.15, 0.2) is 5.76 Å². The van der Waals surface area contributed by atoms with E-state index in [9.17, 15) is 4.79 Å². The van der Waals surface area contributed by atoms with Gasteiger partial charge in [-0.25, -0.2) is 5.10 Å². The molecule has 0 saturated heterocycles. The van der Waals surface area contributed by atoms with Crippen LogP contribution in [0.4, 0.5) is 0 Å². The summed E-state index contributed by atoms with van der Waals surface area (Å²) in [5.41, 5.74) is 0.866. The smallest absolute Gasteiger partial charge is 0.264 e. The van der Waals surface area contributed by atoms with Crippen LogP contribution in [0.2, 0.25) is 0 Å². The molecule has 0 bridgehead atoms. The van der Waals surface area contributed by atoms with Gasteiger partial charge in [-0.1, -0.05) is 0 Å². The highest BCUT2D eigenvalue weighted by molar-refractivity contribution is 5.74. The predicted molar refractivity (Wildman–Crippen MR) is 60.3 cm³/mol. The fourth-order valence-electron chi connectivity index (χ4n) is 1.62. The molecule has 3 aromatic rings. The normalized spacial score (nSPS) is 10.6. The van der Waals surface area contributed by atoms with E-state index in [4.69, 9.17) is 8.83 Å². The van der Waals surface area contributed by atoms with Crippen molar-refractivity contribution in [2.24, 2.45) is 0 Å². The summed E-state index contributed by atoms with van der Waals surface area (Å²) in [7, 11) is 0. The van der Waals surface area contributed by atoms with E-state index in [-0.39, 0.29) is 5.56 Å². The highest BCUT2D eigenvalue weighted by Crippen LogP contribution is 2.28. The minimum Gasteiger partial charge on any atom is -0.464 e. The van der Waals surface area contributed by atoms with E-state index in [1.54, 1.807) is 36.8 Å². The van der Waals surface area contributed by atoms with Gasteiger partial charge in [-0.15, -0.1) is 0 Å². The molecule has 0 aromatic carbocycles. The Bertz CT molecular complexity index is 666. The van der Waals surface area contributed by atoms with Gasteiger partial charge in [0.25, 0.3) is 5.56 Å². The number of hydrogen-bond donors (Lipinski definition) is 1. The molecule has 0 aliphatic heterocycles. The summed E-state index contributed by atoms with van der Waals surface area (Å²) in [5.74, 6) is 1.16. The van der Waals surface area contributed by atoms with Crippen LogP contribution in [0.3, 0.4) is 0 Å². The maximum Gasteiger partial charge on any atom is 0.264 e. The summed E-state index contributed by atoms with van der Waals surface area (Å²) in [5, 5.41) is 6.37. The zero-order valence-electron chi connectivity index (χ0n) is 8.71. The van der Waals surface area contributed by atoms with Crippen LogP contribution in [0, 0.1) is 0 Å². The van der Waals surface area contributed by atoms with Crippen LogP contribution >= 0.6 is 0 Å². The molecule has 3 rings (SSSR count). The monoisotopic (exact) mass is 228 g/mol. The Morgan fingerprint density at radius 1 is 1.06 bits per heavy atom. The van der Waals surface area contributed by atoms with Crippen LogP contribution in [0.1, 0.15) is 0 Å². The molecule has 1 N–H and O–H groups in total. The van der Waals surface area contributed by atoms with Crippen LogP contribution in [0.15, 0.2) is 56.5 Å². The molecule has 3 heterocycles. The fraction of sp³-hybridized carbons (Fsp3) is 0. The zero-order chi connectivity index (χ0) is 11.7. The lowest BCUT2D eigenvalue weighted by atomic mass is 10.1. The standard InChI is InChI=1S/C12H8N2O3/c15-11-7-8(9-3-1-5-16-9)12(14-13-11)10-4-2-6-17-10/h1-7H,(H,13,15). The molecule has 17 heavy (non-hydrogen) atoms. The molecule has 0 aliphatic carbocycles. The Morgan fingerprint density at radius 3 is 2.41 bits per heavy atom. The number of nitrogens with zero attached hydrogens (tertiary/aromatic N) is 1. The molecule has 84 valence electrons. The fourth-order valence-corrected chi connectivity index (χ4v) is 1.62. The zero-order valence-corrected chi connectivity index (χ0v) is 8.71. The first-order chi connectivity index (χ1) is 8.34. The maximum atomic E-state index is 11.3. The van der Waals surface area contributed by atoms with Gasteiger partial charge in [0.05, 0.1) is 18.1 Å². The third kappa shape index (κ3) is 1.67. The van der Waals surface area contributed by atoms with Crippen molar-refractivity contribution in [2.45, 2.75) is 0 Å². The summed E-state index contributed by atoms with van der Waals surface area (Å²) in [4.78, 5) is 11.3. The van der Waals surface area contributed by atoms with Crippen LogP contribution in [-0.4, -0.2) is 10.2 Å². The number of aromatic amines is 1. The third-order valence-electron chi connectivity index (χ3n) is 2.35. The van der Waals surface area contributed by atoms with E-state index < -0.39 is 0 Å². The molecule has 0 amide bonds. The maximum absolute atomic E-state index is 11.3. The lowest BCUT2D eigenvalue weighted by Crippen LogP contribution is -2.08. The van der Waals surface area contributed by atoms with Crippen molar-refractivity contribution >= 4 is 0 Å². The summed E-state index contributed by atoms with van der Waals surface area (Å²) >= 11 is 0. The van der Waals surface area contributed by atoms with E-state index in [1.165, 1.54) is 6.07 Å². The predicted octanol–water partition coefficient (Wildman–Crippen LogP) is 2.29. The van der Waals surface area contributed by atoms with Gasteiger partial charge in [0.2, 0.25) is 0 Å². The Hall–Kier alpha value is -2.56. The molecule has 3 aromatic heterocycles. The molecule has 0 fully saturated rings. The Balaban J connectivity index is 2.26. The molecular weight excluding hydrogens is 220 g/mol. The quantitative estimate of drug-likeness (QED) is 0.730. The Labute approximate surface area is 95.7 Å². The number of H-pyrrole nitrogens is 1. The van der Waals surface area contributed by atoms with E-state index in [0.29, 0.717) is 22.8 Å². The number of hydrogen-bond acceptors (Lipinski definition) is 4. The molecule has 0 aliphatic rings. The lowest BCUT2D eigenvalue weighted by Gasteiger charge is -2.01. The van der Waals surface area contributed by atoms with Crippen molar-refractivity contribution < 1.29 is 8.83 Å². The molecule has 0 saturated carbocycles. The van der Waals surface area contributed by atoms with Gasteiger partial charge in [-0.3, -0.25) is 4.79 Å². The molecule has 0 atom stereocenters. The average Bonchev–Trinajstić information content (AvgIpc) is 3.02. The summed E-state index contributed by atoms with van der Waals surface area (Å²) in [6.45, 7) is 0. The summed E-state index contributed by atoms with van der Waals surface area (Å²) < 4.78 is 10.6. The first kappa shape index (κ1) is 9.65. The number of aromatic nitrogens is 2. The molecular formula is C12H8N2O3. The van der Waals surface area contributed by atoms with Gasteiger partial charge in [0.1, 0.15) is 11.5 Å². The van der Waals surface area contributed by atoms with Gasteiger partial charge < -0.3 is 8.83 Å². The first-order valence-corrected chi connectivity index (χ1v) is 5.02. The summed E-state index contributed by atoms with van der Waals surface area (Å²) in [6.07, 6.45) is 3.09.